The highest BCUT2D eigenvalue weighted by Gasteiger charge is 2.42. The van der Waals surface area contributed by atoms with Crippen LogP contribution >= 0.6 is 15.4 Å². The molecule has 2 aromatic carbocycles. The van der Waals surface area contributed by atoms with Crippen LogP contribution in [0.4, 0.5) is 36.3 Å². The van der Waals surface area contributed by atoms with E-state index in [1.807, 2.05) is 6.07 Å². The molecule has 14 nitrogen and oxygen atoms in total. The van der Waals surface area contributed by atoms with Gasteiger partial charge in [-0.2, -0.15) is 18.2 Å². The molecule has 0 spiro atoms. The molecule has 1 aromatic heterocycles. The van der Waals surface area contributed by atoms with Crippen LogP contribution in [0, 0.1) is 0 Å². The summed E-state index contributed by atoms with van der Waals surface area (Å²) in [5.41, 5.74) is -0.251. The Morgan fingerprint density at radius 1 is 0.927 bits per heavy atom. The predicted molar refractivity (Wildman–Crippen MR) is 200 cm³/mol. The molecule has 1 saturated carbocycles. The Bertz CT molecular complexity index is 1990. The SMILES string of the molecule is COc1cc(CP(=O)(O)O)ccc1Nc1ncc(C(F)(F)F)c(Nc2ccc(C3CCC(OP(=O)(OC(C)(C)C)OC(C)(C)C)CC3)c3c2C(=O)N(C)C3)n1. The number of hydrogen-bond acceptors (Lipinski definition) is 11. The number of rotatable bonds is 12. The smallest absolute Gasteiger partial charge is 0.476 e. The lowest BCUT2D eigenvalue weighted by Crippen LogP contribution is -2.28. The molecule has 2 heterocycles. The Labute approximate surface area is 318 Å². The van der Waals surface area contributed by atoms with E-state index in [0.717, 1.165) is 5.56 Å². The number of benzene rings is 2. The lowest BCUT2D eigenvalue weighted by atomic mass is 9.80. The highest BCUT2D eigenvalue weighted by molar-refractivity contribution is 7.50. The monoisotopic (exact) mass is 813 g/mol. The van der Waals surface area contributed by atoms with Crippen LogP contribution in [0.5, 0.6) is 5.75 Å². The van der Waals surface area contributed by atoms with E-state index in [-0.39, 0.29) is 52.6 Å². The fourth-order valence-corrected chi connectivity index (χ4v) is 9.34. The Morgan fingerprint density at radius 2 is 1.55 bits per heavy atom. The van der Waals surface area contributed by atoms with Crippen molar-refractivity contribution in [1.82, 2.24) is 14.9 Å². The number of anilines is 4. The molecule has 3 aromatic rings. The topological polar surface area (TPSA) is 182 Å². The Balaban J connectivity index is 1.40. The van der Waals surface area contributed by atoms with Gasteiger partial charge in [-0.05, 0) is 108 Å². The number of phosphoric ester groups is 1. The van der Waals surface area contributed by atoms with E-state index < -0.39 is 56.4 Å². The molecule has 0 unspecified atom stereocenters. The summed E-state index contributed by atoms with van der Waals surface area (Å²) in [7, 11) is -5.36. The summed E-state index contributed by atoms with van der Waals surface area (Å²) in [5.74, 6) is -1.06. The molecule has 1 aliphatic heterocycles. The molecular formula is C36H48F3N5O9P2. The van der Waals surface area contributed by atoms with E-state index in [1.165, 1.54) is 30.2 Å². The fourth-order valence-electron chi connectivity index (χ4n) is 6.63. The van der Waals surface area contributed by atoms with Crippen LogP contribution in [0.2, 0.25) is 0 Å². The molecule has 0 saturated heterocycles. The highest BCUT2D eigenvalue weighted by Crippen LogP contribution is 2.58. The zero-order valence-electron chi connectivity index (χ0n) is 32.0. The van der Waals surface area contributed by atoms with Crippen molar-refractivity contribution in [3.8, 4) is 5.75 Å². The van der Waals surface area contributed by atoms with Gasteiger partial charge in [0.2, 0.25) is 5.95 Å². The molecule has 0 bridgehead atoms. The van der Waals surface area contributed by atoms with Crippen LogP contribution in [0.1, 0.15) is 106 Å². The van der Waals surface area contributed by atoms with Crippen LogP contribution in [0.25, 0.3) is 0 Å². The summed E-state index contributed by atoms with van der Waals surface area (Å²) in [6.07, 6.45) is -2.83. The van der Waals surface area contributed by atoms with E-state index in [4.69, 9.17) is 18.3 Å². The van der Waals surface area contributed by atoms with Crippen molar-refractivity contribution in [1.29, 1.82) is 0 Å². The normalized spacial score (nSPS) is 18.3. The highest BCUT2D eigenvalue weighted by atomic mass is 31.2. The van der Waals surface area contributed by atoms with Gasteiger partial charge in [-0.1, -0.05) is 12.1 Å². The standard InChI is InChI=1S/C36H48F3N5O9P2/c1-34(2,3)52-55(49,53-35(4,5)6)51-23-12-10-22(11-13-23)24-14-16-28(30-25(24)19-44(7)32(30)45)41-31-26(36(37,38)39)18-40-33(43-31)42-27-15-9-21(17-29(27)50-8)20-54(46,47)48/h9,14-18,22-23H,10-13,19-20H2,1-8H3,(H2,46,47,48)(H2,40,41,42,43). The number of fused-ring (bicyclic) bond motifs is 1. The first-order valence-corrected chi connectivity index (χ1v) is 20.9. The molecule has 4 N–H and O–H groups in total. The van der Waals surface area contributed by atoms with Gasteiger partial charge in [0.15, 0.2) is 0 Å². The van der Waals surface area contributed by atoms with Gasteiger partial charge in [0, 0.05) is 19.8 Å². The van der Waals surface area contributed by atoms with Gasteiger partial charge in [-0.3, -0.25) is 22.9 Å². The van der Waals surface area contributed by atoms with Gasteiger partial charge >= 0.3 is 21.6 Å². The number of aromatic nitrogens is 2. The molecule has 1 fully saturated rings. The molecule has 1 aliphatic carbocycles. The summed E-state index contributed by atoms with van der Waals surface area (Å²) < 4.78 is 91.0. The van der Waals surface area contributed by atoms with Crippen molar-refractivity contribution >= 4 is 44.5 Å². The summed E-state index contributed by atoms with van der Waals surface area (Å²) in [6.45, 7) is 10.9. The van der Waals surface area contributed by atoms with Crippen LogP contribution in [-0.2, 0) is 41.6 Å². The van der Waals surface area contributed by atoms with Gasteiger partial charge < -0.3 is 30.1 Å². The first kappa shape index (κ1) is 42.6. The number of ether oxygens (including phenoxy) is 1. The summed E-state index contributed by atoms with van der Waals surface area (Å²) in [4.78, 5) is 41.7. The van der Waals surface area contributed by atoms with Crippen LogP contribution in [0.3, 0.4) is 0 Å². The molecule has 0 radical (unpaired) electrons. The molecule has 55 heavy (non-hydrogen) atoms. The van der Waals surface area contributed by atoms with Crippen LogP contribution < -0.4 is 15.4 Å². The van der Waals surface area contributed by atoms with Crippen LogP contribution in [-0.4, -0.2) is 62.0 Å². The van der Waals surface area contributed by atoms with Crippen molar-refractivity contribution in [2.75, 3.05) is 24.8 Å². The Kier molecular flexibility index (Phi) is 12.2. The number of carbonyl (C=O) groups is 1. The number of halogens is 3. The minimum atomic E-state index is -4.85. The Morgan fingerprint density at radius 3 is 2.11 bits per heavy atom. The number of nitrogens with one attached hydrogen (secondary N) is 2. The third kappa shape index (κ3) is 11.1. The van der Waals surface area contributed by atoms with Crippen molar-refractivity contribution in [2.24, 2.45) is 0 Å². The van der Waals surface area contributed by atoms with Gasteiger partial charge in [0.05, 0.1) is 47.5 Å². The van der Waals surface area contributed by atoms with Crippen molar-refractivity contribution in [3.63, 3.8) is 0 Å². The number of amides is 1. The van der Waals surface area contributed by atoms with Crippen molar-refractivity contribution in [2.45, 2.75) is 109 Å². The number of carbonyl (C=O) groups excluding carboxylic acids is 1. The second-order valence-electron chi connectivity index (χ2n) is 15.7. The van der Waals surface area contributed by atoms with E-state index in [0.29, 0.717) is 37.4 Å². The van der Waals surface area contributed by atoms with Gasteiger partial charge in [0.25, 0.3) is 5.91 Å². The lowest BCUT2D eigenvalue weighted by molar-refractivity contribution is -0.137. The second-order valence-corrected chi connectivity index (χ2v) is 18.8. The summed E-state index contributed by atoms with van der Waals surface area (Å²) in [6, 6.07) is 7.65. The van der Waals surface area contributed by atoms with Gasteiger partial charge in [0.1, 0.15) is 17.1 Å². The van der Waals surface area contributed by atoms with E-state index in [9.17, 15) is 36.9 Å². The van der Waals surface area contributed by atoms with Crippen molar-refractivity contribution < 1.29 is 55.2 Å². The zero-order valence-corrected chi connectivity index (χ0v) is 33.8. The molecule has 0 atom stereocenters. The first-order valence-electron chi connectivity index (χ1n) is 17.6. The quantitative estimate of drug-likeness (QED) is 0.127. The number of hydrogen-bond donors (Lipinski definition) is 4. The zero-order chi connectivity index (χ0) is 40.7. The average molecular weight is 814 g/mol. The molecular weight excluding hydrogens is 765 g/mol. The first-order chi connectivity index (χ1) is 25.3. The molecule has 2 aliphatic rings. The van der Waals surface area contributed by atoms with E-state index >= 15 is 0 Å². The van der Waals surface area contributed by atoms with Crippen LogP contribution in [0.15, 0.2) is 36.5 Å². The van der Waals surface area contributed by atoms with Gasteiger partial charge in [-0.15, -0.1) is 0 Å². The second kappa shape index (κ2) is 15.8. The molecule has 5 rings (SSSR count). The number of nitrogens with zero attached hydrogens (tertiary/aromatic N) is 3. The predicted octanol–water partition coefficient (Wildman–Crippen LogP) is 9.04. The maximum Gasteiger partial charge on any atom is 0.476 e. The lowest BCUT2D eigenvalue weighted by Gasteiger charge is -2.35. The van der Waals surface area contributed by atoms with E-state index in [1.54, 1.807) is 54.7 Å². The molecule has 302 valence electrons. The summed E-state index contributed by atoms with van der Waals surface area (Å²) >= 11 is 0. The average Bonchev–Trinajstić information content (AvgIpc) is 3.33. The largest absolute Gasteiger partial charge is 0.495 e. The third-order valence-corrected chi connectivity index (χ3v) is 11.6. The maximum atomic E-state index is 14.3. The molecule has 1 amide bonds. The minimum absolute atomic E-state index is 0.00273. The van der Waals surface area contributed by atoms with E-state index in [2.05, 4.69) is 20.6 Å². The number of phosphoric acid groups is 1. The fraction of sp³-hybridized carbons (Fsp3) is 0.528. The summed E-state index contributed by atoms with van der Waals surface area (Å²) in [5, 5.41) is 5.58. The van der Waals surface area contributed by atoms with Gasteiger partial charge in [-0.25, -0.2) is 9.55 Å². The minimum Gasteiger partial charge on any atom is -0.495 e. The third-order valence-electron chi connectivity index (χ3n) is 8.72. The Hall–Kier alpha value is -3.56. The molecule has 19 heteroatoms. The number of methoxy groups -OCH3 is 1. The number of alkyl halides is 3. The maximum absolute atomic E-state index is 14.3. The van der Waals surface area contributed by atoms with Crippen molar-refractivity contribution in [3.05, 3.63) is 64.3 Å².